The van der Waals surface area contributed by atoms with Gasteiger partial charge in [0, 0.05) is 0 Å². The van der Waals surface area contributed by atoms with E-state index < -0.39 is 7.60 Å². The number of halogens is 1. The van der Waals surface area contributed by atoms with Crippen molar-refractivity contribution in [1.29, 1.82) is 0 Å². The summed E-state index contributed by atoms with van der Waals surface area (Å²) in [7, 11) is -3.25. The number of hydrogen-bond acceptors (Lipinski definition) is 3. The summed E-state index contributed by atoms with van der Waals surface area (Å²) in [6.45, 7) is 8.21. The van der Waals surface area contributed by atoms with Crippen LogP contribution in [0.5, 0.6) is 0 Å². The van der Waals surface area contributed by atoms with E-state index in [1.807, 2.05) is 13.8 Å². The van der Waals surface area contributed by atoms with Gasteiger partial charge in [-0.1, -0.05) is 37.9 Å². The second-order valence-corrected chi connectivity index (χ2v) is 5.87. The summed E-state index contributed by atoms with van der Waals surface area (Å²) in [6.07, 6.45) is 2.68. The summed E-state index contributed by atoms with van der Waals surface area (Å²) < 4.78 is 22.5. The lowest BCUT2D eigenvalue weighted by atomic mass is 10.1. The third-order valence-corrected chi connectivity index (χ3v) is 4.54. The molecule has 0 aliphatic carbocycles. The highest BCUT2D eigenvalue weighted by molar-refractivity contribution is 7.61. The zero-order valence-corrected chi connectivity index (χ0v) is 11.5. The van der Waals surface area contributed by atoms with E-state index in [0.717, 1.165) is 6.42 Å². The van der Waals surface area contributed by atoms with Crippen LogP contribution < -0.4 is 0 Å². The smallest absolute Gasteiger partial charge is 0.305 e. The molecule has 0 radical (unpaired) electrons. The van der Waals surface area contributed by atoms with Crippen molar-refractivity contribution in [1.82, 2.24) is 0 Å². The van der Waals surface area contributed by atoms with Crippen molar-refractivity contribution in [3.63, 3.8) is 0 Å². The maximum absolute atomic E-state index is 12.1. The molecular weight excluding hydrogens is 235 g/mol. The predicted molar refractivity (Wildman–Crippen MR) is 64.2 cm³/mol. The van der Waals surface area contributed by atoms with Crippen LogP contribution in [-0.2, 0) is 13.6 Å². The van der Waals surface area contributed by atoms with Crippen molar-refractivity contribution < 1.29 is 13.6 Å². The standard InChI is InChI=1S/C10H20ClO3P/c1-5-9(4)8-10(11)15(12,13-6-2)14-7-3/h8-9H,5-7H2,1-4H3/b10-8+. The largest absolute Gasteiger partial charge is 0.372 e. The monoisotopic (exact) mass is 254 g/mol. The van der Waals surface area contributed by atoms with Gasteiger partial charge in [0.15, 0.2) is 0 Å². The molecule has 5 heteroatoms. The van der Waals surface area contributed by atoms with Crippen molar-refractivity contribution in [2.45, 2.75) is 34.1 Å². The molecule has 0 heterocycles. The topological polar surface area (TPSA) is 35.5 Å². The number of rotatable bonds is 7. The van der Waals surface area contributed by atoms with E-state index in [1.54, 1.807) is 19.9 Å². The highest BCUT2D eigenvalue weighted by Crippen LogP contribution is 2.58. The average molecular weight is 255 g/mol. The molecule has 0 aliphatic heterocycles. The fourth-order valence-corrected chi connectivity index (χ4v) is 2.89. The first kappa shape index (κ1) is 15.2. The zero-order valence-electron chi connectivity index (χ0n) is 9.83. The summed E-state index contributed by atoms with van der Waals surface area (Å²) in [5, 5.41) is 0. The van der Waals surface area contributed by atoms with E-state index in [1.165, 1.54) is 0 Å². The Bertz CT molecular complexity index is 243. The number of allylic oxidation sites excluding steroid dienone is 1. The Morgan fingerprint density at radius 2 is 1.80 bits per heavy atom. The Labute approximate surface area is 97.3 Å². The lowest BCUT2D eigenvalue weighted by Crippen LogP contribution is -1.97. The molecule has 3 nitrogen and oxygen atoms in total. The molecule has 0 rings (SSSR count). The van der Waals surface area contributed by atoms with Gasteiger partial charge in [0.2, 0.25) is 0 Å². The summed E-state index contributed by atoms with van der Waals surface area (Å²) in [4.78, 5) is 0. The fourth-order valence-electron chi connectivity index (χ4n) is 0.944. The Hall–Kier alpha value is 0.180. The molecule has 0 aromatic heterocycles. The molecule has 0 saturated heterocycles. The highest BCUT2D eigenvalue weighted by atomic mass is 35.5. The average Bonchev–Trinajstić information content (AvgIpc) is 2.18. The molecule has 0 N–H and O–H groups in total. The Morgan fingerprint density at radius 3 is 2.13 bits per heavy atom. The summed E-state index contributed by atoms with van der Waals surface area (Å²) in [5.74, 6) is 0.270. The van der Waals surface area contributed by atoms with Crippen molar-refractivity contribution in [2.24, 2.45) is 5.92 Å². The molecule has 0 amide bonds. The first-order chi connectivity index (χ1) is 7.00. The summed E-state index contributed by atoms with van der Waals surface area (Å²) in [5.41, 5.74) is 0. The molecule has 0 fully saturated rings. The third-order valence-electron chi connectivity index (χ3n) is 1.93. The maximum atomic E-state index is 12.1. The van der Waals surface area contributed by atoms with Crippen LogP contribution in [0.3, 0.4) is 0 Å². The minimum Gasteiger partial charge on any atom is -0.305 e. The van der Waals surface area contributed by atoms with Gasteiger partial charge in [0.05, 0.1) is 13.2 Å². The van der Waals surface area contributed by atoms with Crippen LogP contribution in [0.2, 0.25) is 0 Å². The van der Waals surface area contributed by atoms with Crippen molar-refractivity contribution in [3.8, 4) is 0 Å². The normalized spacial score (nSPS) is 15.4. The summed E-state index contributed by atoms with van der Waals surface area (Å²) in [6, 6.07) is 0. The minimum absolute atomic E-state index is 0.195. The molecular formula is C10H20ClO3P. The van der Waals surface area contributed by atoms with Gasteiger partial charge in [0.25, 0.3) is 0 Å². The molecule has 0 saturated carbocycles. The first-order valence-electron chi connectivity index (χ1n) is 5.27. The van der Waals surface area contributed by atoms with Crippen LogP contribution >= 0.6 is 19.2 Å². The molecule has 0 aromatic rings. The molecule has 15 heavy (non-hydrogen) atoms. The fraction of sp³-hybridized carbons (Fsp3) is 0.800. The second-order valence-electron chi connectivity index (χ2n) is 3.21. The van der Waals surface area contributed by atoms with E-state index in [2.05, 4.69) is 0 Å². The van der Waals surface area contributed by atoms with Gasteiger partial charge in [0.1, 0.15) is 4.77 Å². The van der Waals surface area contributed by atoms with Crippen LogP contribution in [0.25, 0.3) is 0 Å². The molecule has 0 aliphatic rings. The second kappa shape index (κ2) is 7.45. The van der Waals surface area contributed by atoms with Crippen LogP contribution in [0.15, 0.2) is 10.8 Å². The van der Waals surface area contributed by atoms with Gasteiger partial charge < -0.3 is 9.05 Å². The highest BCUT2D eigenvalue weighted by Gasteiger charge is 2.28. The maximum Gasteiger partial charge on any atom is 0.372 e. The quantitative estimate of drug-likeness (QED) is 0.633. The number of hydrogen-bond donors (Lipinski definition) is 0. The van der Waals surface area contributed by atoms with E-state index in [9.17, 15) is 4.57 Å². The molecule has 0 spiro atoms. The zero-order chi connectivity index (χ0) is 11.9. The Kier molecular flexibility index (Phi) is 7.54. The minimum atomic E-state index is -3.25. The van der Waals surface area contributed by atoms with E-state index in [-0.39, 0.29) is 10.7 Å². The van der Waals surface area contributed by atoms with Gasteiger partial charge >= 0.3 is 7.60 Å². The molecule has 1 atom stereocenters. The molecule has 1 unspecified atom stereocenters. The van der Waals surface area contributed by atoms with Gasteiger partial charge in [-0.3, -0.25) is 4.57 Å². The van der Waals surface area contributed by atoms with Crippen molar-refractivity contribution in [2.75, 3.05) is 13.2 Å². The van der Waals surface area contributed by atoms with E-state index in [4.69, 9.17) is 20.6 Å². The van der Waals surface area contributed by atoms with Crippen LogP contribution in [0.1, 0.15) is 34.1 Å². The van der Waals surface area contributed by atoms with E-state index >= 15 is 0 Å². The molecule has 0 bridgehead atoms. The third kappa shape index (κ3) is 5.17. The predicted octanol–water partition coefficient (Wildman–Crippen LogP) is 4.38. The van der Waals surface area contributed by atoms with Crippen LogP contribution in [0, 0.1) is 5.92 Å². The van der Waals surface area contributed by atoms with Crippen LogP contribution in [-0.4, -0.2) is 13.2 Å². The van der Waals surface area contributed by atoms with Crippen molar-refractivity contribution in [3.05, 3.63) is 10.8 Å². The van der Waals surface area contributed by atoms with E-state index in [0.29, 0.717) is 13.2 Å². The summed E-state index contributed by atoms with van der Waals surface area (Å²) >= 11 is 5.97. The van der Waals surface area contributed by atoms with Gasteiger partial charge in [-0.05, 0) is 19.8 Å². The van der Waals surface area contributed by atoms with Crippen molar-refractivity contribution >= 4 is 19.2 Å². The lowest BCUT2D eigenvalue weighted by molar-refractivity contribution is 0.228. The Morgan fingerprint density at radius 1 is 1.33 bits per heavy atom. The van der Waals surface area contributed by atoms with Crippen LogP contribution in [0.4, 0.5) is 0 Å². The molecule has 0 aromatic carbocycles. The Balaban J connectivity index is 4.75. The SMILES string of the molecule is CCOP(=O)(OCC)/C(Cl)=C/C(C)CC. The van der Waals surface area contributed by atoms with Gasteiger partial charge in [-0.25, -0.2) is 0 Å². The van der Waals surface area contributed by atoms with Gasteiger partial charge in [-0.15, -0.1) is 0 Å². The lowest BCUT2D eigenvalue weighted by Gasteiger charge is -2.16. The molecule has 90 valence electrons. The van der Waals surface area contributed by atoms with Gasteiger partial charge in [-0.2, -0.15) is 0 Å². The first-order valence-corrected chi connectivity index (χ1v) is 7.19.